The summed E-state index contributed by atoms with van der Waals surface area (Å²) >= 11 is 0. The molecule has 1 saturated carbocycles. The van der Waals surface area contributed by atoms with Crippen LogP contribution >= 0.6 is 0 Å². The summed E-state index contributed by atoms with van der Waals surface area (Å²) in [7, 11) is 1.35. The SMILES string of the molecule is Cn1c(F)cc(-c2ccc(-c3cnc(N(C4CC4)[C@H]4C[C@]5(C)CC[C@@](C)(N5)[C@H]4F)nn3)c(O)c2)cc1=O. The van der Waals surface area contributed by atoms with Crippen molar-refractivity contribution in [3.8, 4) is 28.1 Å². The van der Waals surface area contributed by atoms with Gasteiger partial charge in [-0.2, -0.15) is 4.39 Å². The highest BCUT2D eigenvalue weighted by Gasteiger charge is 2.58. The van der Waals surface area contributed by atoms with Crippen LogP contribution in [0.3, 0.4) is 0 Å². The normalized spacial score (nSPS) is 28.9. The molecule has 2 N–H and O–H groups in total. The second-order valence-electron chi connectivity index (χ2n) is 11.3. The van der Waals surface area contributed by atoms with E-state index in [9.17, 15) is 14.3 Å². The average molecular weight is 509 g/mol. The van der Waals surface area contributed by atoms with E-state index in [1.165, 1.54) is 31.4 Å². The molecule has 6 rings (SSSR count). The molecule has 194 valence electrons. The molecule has 2 aliphatic heterocycles. The van der Waals surface area contributed by atoms with E-state index in [4.69, 9.17) is 0 Å². The number of aromatic hydroxyl groups is 1. The van der Waals surface area contributed by atoms with Crippen molar-refractivity contribution in [3.63, 3.8) is 0 Å². The van der Waals surface area contributed by atoms with Crippen molar-refractivity contribution in [2.45, 2.75) is 75.3 Å². The van der Waals surface area contributed by atoms with Crippen molar-refractivity contribution in [1.82, 2.24) is 25.1 Å². The zero-order valence-electron chi connectivity index (χ0n) is 21.1. The number of anilines is 1. The van der Waals surface area contributed by atoms with E-state index in [1.807, 2.05) is 11.8 Å². The van der Waals surface area contributed by atoms with Gasteiger partial charge in [-0.3, -0.25) is 9.36 Å². The van der Waals surface area contributed by atoms with Crippen molar-refractivity contribution in [2.24, 2.45) is 7.05 Å². The maximum Gasteiger partial charge on any atom is 0.253 e. The molecule has 10 heteroatoms. The number of phenols is 1. The van der Waals surface area contributed by atoms with Crippen molar-refractivity contribution >= 4 is 5.95 Å². The van der Waals surface area contributed by atoms with Crippen LogP contribution in [0.4, 0.5) is 14.7 Å². The number of nitrogens with zero attached hydrogens (tertiary/aromatic N) is 5. The van der Waals surface area contributed by atoms with Gasteiger partial charge in [0.05, 0.1) is 12.2 Å². The lowest BCUT2D eigenvalue weighted by Gasteiger charge is -2.48. The summed E-state index contributed by atoms with van der Waals surface area (Å²) < 4.78 is 30.7. The number of nitrogens with one attached hydrogen (secondary N) is 1. The quantitative estimate of drug-likeness (QED) is 0.507. The largest absolute Gasteiger partial charge is 0.507 e. The topological polar surface area (TPSA) is 96.2 Å². The van der Waals surface area contributed by atoms with Crippen LogP contribution in [0.1, 0.15) is 46.0 Å². The van der Waals surface area contributed by atoms with Crippen molar-refractivity contribution in [3.05, 3.63) is 52.8 Å². The molecular weight excluding hydrogens is 478 g/mol. The van der Waals surface area contributed by atoms with Gasteiger partial charge in [0.25, 0.3) is 5.56 Å². The first-order chi connectivity index (χ1) is 17.6. The molecule has 2 saturated heterocycles. The molecule has 4 heterocycles. The molecule has 2 aromatic heterocycles. The van der Waals surface area contributed by atoms with E-state index in [1.54, 1.807) is 12.1 Å². The molecule has 3 aromatic rings. The molecule has 2 bridgehead atoms. The molecular formula is C27H30F2N6O2. The Morgan fingerprint density at radius 1 is 1.14 bits per heavy atom. The van der Waals surface area contributed by atoms with Crippen molar-refractivity contribution in [2.75, 3.05) is 4.90 Å². The first-order valence-corrected chi connectivity index (χ1v) is 12.7. The molecule has 0 spiro atoms. The molecule has 4 atom stereocenters. The standard InChI is InChI=1S/C27H30F2N6O2/c1-26-8-9-27(2,33-26)24(29)20(13-26)35(17-5-6-17)25-30-14-19(31-32-25)18-7-4-15(10-21(18)36)16-11-22(28)34(3)23(37)12-16/h4,7,10-12,14,17,20,24,33,36H,5-6,8-9,13H2,1-3H3/t20-,24-,26-,27+/m0/s1. The lowest BCUT2D eigenvalue weighted by atomic mass is 9.82. The number of hydrogen-bond donors (Lipinski definition) is 2. The molecule has 3 fully saturated rings. The molecule has 0 radical (unpaired) electrons. The van der Waals surface area contributed by atoms with Gasteiger partial charge in [0.2, 0.25) is 5.95 Å². The fraction of sp³-hybridized carbons (Fsp3) is 0.481. The average Bonchev–Trinajstić information content (AvgIpc) is 3.66. The minimum absolute atomic E-state index is 0.0962. The third kappa shape index (κ3) is 4.07. The summed E-state index contributed by atoms with van der Waals surface area (Å²) in [5, 5.41) is 22.9. The van der Waals surface area contributed by atoms with E-state index in [-0.39, 0.29) is 23.4 Å². The highest BCUT2D eigenvalue weighted by molar-refractivity contribution is 5.73. The lowest BCUT2D eigenvalue weighted by Crippen LogP contribution is -2.66. The Labute approximate surface area is 213 Å². The van der Waals surface area contributed by atoms with Gasteiger partial charge in [0.1, 0.15) is 17.6 Å². The zero-order valence-corrected chi connectivity index (χ0v) is 21.1. The fourth-order valence-corrected chi connectivity index (χ4v) is 6.08. The van der Waals surface area contributed by atoms with Crippen molar-refractivity contribution in [1.29, 1.82) is 0 Å². The molecule has 0 unspecified atom stereocenters. The number of alkyl halides is 1. The summed E-state index contributed by atoms with van der Waals surface area (Å²) in [5.41, 5.74) is 0.470. The van der Waals surface area contributed by atoms with E-state index in [2.05, 4.69) is 27.4 Å². The maximum atomic E-state index is 15.8. The van der Waals surface area contributed by atoms with E-state index >= 15 is 4.39 Å². The first kappa shape index (κ1) is 24.0. The molecule has 1 aliphatic carbocycles. The van der Waals surface area contributed by atoms with E-state index in [0.717, 1.165) is 30.3 Å². The van der Waals surface area contributed by atoms with Crippen LogP contribution in [-0.2, 0) is 7.05 Å². The van der Waals surface area contributed by atoms with Gasteiger partial charge in [0, 0.05) is 35.8 Å². The van der Waals surface area contributed by atoms with Crippen LogP contribution in [0.5, 0.6) is 5.75 Å². The van der Waals surface area contributed by atoms with Gasteiger partial charge in [-0.05, 0) is 75.3 Å². The van der Waals surface area contributed by atoms with Crippen LogP contribution in [0.15, 0.2) is 41.3 Å². The van der Waals surface area contributed by atoms with E-state index < -0.39 is 23.2 Å². The maximum absolute atomic E-state index is 15.8. The zero-order chi connectivity index (χ0) is 26.1. The summed E-state index contributed by atoms with van der Waals surface area (Å²) in [6, 6.07) is 7.19. The van der Waals surface area contributed by atoms with Gasteiger partial charge in [-0.15, -0.1) is 10.2 Å². The van der Waals surface area contributed by atoms with Gasteiger partial charge in [0.15, 0.2) is 5.95 Å². The number of pyridine rings is 1. The number of aromatic nitrogens is 4. The van der Waals surface area contributed by atoms with Crippen LogP contribution < -0.4 is 15.8 Å². The highest BCUT2D eigenvalue weighted by Crippen LogP contribution is 2.47. The van der Waals surface area contributed by atoms with Crippen LogP contribution in [0.2, 0.25) is 0 Å². The summed E-state index contributed by atoms with van der Waals surface area (Å²) in [5.74, 6) is -0.364. The minimum atomic E-state index is -1.05. The smallest absolute Gasteiger partial charge is 0.253 e. The Hall–Kier alpha value is -3.40. The predicted molar refractivity (Wildman–Crippen MR) is 136 cm³/mol. The molecule has 3 aliphatic rings. The number of fused-ring (bicyclic) bond motifs is 2. The number of benzene rings is 1. The van der Waals surface area contributed by atoms with Crippen LogP contribution in [-0.4, -0.2) is 54.2 Å². The lowest BCUT2D eigenvalue weighted by molar-refractivity contribution is 0.0828. The Bertz CT molecular complexity index is 1430. The first-order valence-electron chi connectivity index (χ1n) is 12.7. The van der Waals surface area contributed by atoms with Gasteiger partial charge < -0.3 is 15.3 Å². The van der Waals surface area contributed by atoms with Gasteiger partial charge in [-0.25, -0.2) is 9.37 Å². The van der Waals surface area contributed by atoms with Crippen LogP contribution in [0, 0.1) is 5.95 Å². The number of halogens is 2. The van der Waals surface area contributed by atoms with Gasteiger partial charge in [-0.1, -0.05) is 6.07 Å². The third-order valence-corrected chi connectivity index (χ3v) is 8.28. The number of hydrogen-bond acceptors (Lipinski definition) is 7. The summed E-state index contributed by atoms with van der Waals surface area (Å²) in [6.07, 6.45) is 4.85. The van der Waals surface area contributed by atoms with Crippen molar-refractivity contribution < 1.29 is 13.9 Å². The Morgan fingerprint density at radius 2 is 1.92 bits per heavy atom. The molecule has 0 amide bonds. The monoisotopic (exact) mass is 508 g/mol. The third-order valence-electron chi connectivity index (χ3n) is 8.28. The fourth-order valence-electron chi connectivity index (χ4n) is 6.08. The molecule has 1 aromatic carbocycles. The Kier molecular flexibility index (Phi) is 5.38. The Morgan fingerprint density at radius 3 is 2.57 bits per heavy atom. The molecule has 8 nitrogen and oxygen atoms in total. The number of rotatable bonds is 5. The van der Waals surface area contributed by atoms with Crippen LogP contribution in [0.25, 0.3) is 22.4 Å². The van der Waals surface area contributed by atoms with Gasteiger partial charge >= 0.3 is 0 Å². The second-order valence-corrected chi connectivity index (χ2v) is 11.3. The molecule has 37 heavy (non-hydrogen) atoms. The minimum Gasteiger partial charge on any atom is -0.507 e. The summed E-state index contributed by atoms with van der Waals surface area (Å²) in [4.78, 5) is 18.5. The second kappa shape index (κ2) is 8.31. The predicted octanol–water partition coefficient (Wildman–Crippen LogP) is 3.73. The Balaban J connectivity index is 1.28. The van der Waals surface area contributed by atoms with E-state index in [0.29, 0.717) is 34.8 Å². The number of phenolic OH excluding ortho intramolecular Hbond substituents is 1. The number of piperidine rings is 1. The highest BCUT2D eigenvalue weighted by atomic mass is 19.1. The summed E-state index contributed by atoms with van der Waals surface area (Å²) in [6.45, 7) is 4.13.